The van der Waals surface area contributed by atoms with Gasteiger partial charge in [-0.2, -0.15) is 11.8 Å². The maximum atomic E-state index is 12.2. The van der Waals surface area contributed by atoms with E-state index in [1.807, 2.05) is 13.2 Å². The number of carbonyl (C=O) groups excluding carboxylic acids is 1. The maximum Gasteiger partial charge on any atom is 0.307 e. The fourth-order valence-corrected chi connectivity index (χ4v) is 3.23. The summed E-state index contributed by atoms with van der Waals surface area (Å²) in [6, 6.07) is 0.156. The van der Waals surface area contributed by atoms with E-state index in [4.69, 9.17) is 5.11 Å². The van der Waals surface area contributed by atoms with Gasteiger partial charge in [-0.25, -0.2) is 0 Å². The van der Waals surface area contributed by atoms with Gasteiger partial charge in [0.25, 0.3) is 0 Å². The number of aliphatic carboxylic acids is 1. The van der Waals surface area contributed by atoms with Crippen LogP contribution < -0.4 is 5.32 Å². The smallest absolute Gasteiger partial charge is 0.307 e. The summed E-state index contributed by atoms with van der Waals surface area (Å²) in [6.07, 6.45) is 6.11. The van der Waals surface area contributed by atoms with Crippen LogP contribution in [0.15, 0.2) is 0 Å². The second-order valence-electron chi connectivity index (χ2n) is 4.90. The van der Waals surface area contributed by atoms with Crippen molar-refractivity contribution in [2.24, 2.45) is 11.8 Å². The van der Waals surface area contributed by atoms with Gasteiger partial charge < -0.3 is 10.4 Å². The second-order valence-corrected chi connectivity index (χ2v) is 5.82. The Morgan fingerprint density at radius 1 is 1.33 bits per heavy atom. The molecule has 0 radical (unpaired) electrons. The van der Waals surface area contributed by atoms with Gasteiger partial charge in [0.15, 0.2) is 0 Å². The molecule has 18 heavy (non-hydrogen) atoms. The van der Waals surface area contributed by atoms with E-state index >= 15 is 0 Å². The number of thioether (sulfide) groups is 1. The molecule has 1 aliphatic rings. The lowest BCUT2D eigenvalue weighted by molar-refractivity contribution is -0.149. The number of rotatable bonds is 6. The summed E-state index contributed by atoms with van der Waals surface area (Å²) in [5, 5.41) is 12.2. The number of hydrogen-bond donors (Lipinski definition) is 2. The van der Waals surface area contributed by atoms with Gasteiger partial charge in [-0.15, -0.1) is 0 Å². The van der Waals surface area contributed by atoms with Crippen molar-refractivity contribution in [3.63, 3.8) is 0 Å². The Hall–Kier alpha value is -0.710. The van der Waals surface area contributed by atoms with Gasteiger partial charge in [-0.05, 0) is 25.5 Å². The molecule has 5 heteroatoms. The van der Waals surface area contributed by atoms with E-state index < -0.39 is 11.9 Å². The fraction of sp³-hybridized carbons (Fsp3) is 0.846. The SMILES string of the molecule is CCC(CSC)NC(=O)[C@@H]1CCCC[C@@H]1C(=O)O. The van der Waals surface area contributed by atoms with Crippen LogP contribution in [0, 0.1) is 11.8 Å². The first-order valence-electron chi connectivity index (χ1n) is 6.62. The number of hydrogen-bond acceptors (Lipinski definition) is 3. The van der Waals surface area contributed by atoms with Crippen LogP contribution in [-0.4, -0.2) is 35.0 Å². The largest absolute Gasteiger partial charge is 0.481 e. The third-order valence-electron chi connectivity index (χ3n) is 3.63. The molecule has 0 aromatic heterocycles. The summed E-state index contributed by atoms with van der Waals surface area (Å²) >= 11 is 1.70. The molecule has 1 saturated carbocycles. The molecule has 0 spiro atoms. The lowest BCUT2D eigenvalue weighted by atomic mass is 9.78. The Balaban J connectivity index is 2.59. The quantitative estimate of drug-likeness (QED) is 0.778. The molecular formula is C13H23NO3S. The number of carbonyl (C=O) groups is 2. The van der Waals surface area contributed by atoms with Crippen LogP contribution in [0.2, 0.25) is 0 Å². The molecule has 1 aliphatic carbocycles. The van der Waals surface area contributed by atoms with Crippen molar-refractivity contribution in [2.45, 2.75) is 45.1 Å². The molecule has 1 rings (SSSR count). The summed E-state index contributed by atoms with van der Waals surface area (Å²) in [4.78, 5) is 23.3. The molecule has 104 valence electrons. The van der Waals surface area contributed by atoms with Crippen molar-refractivity contribution >= 4 is 23.6 Å². The van der Waals surface area contributed by atoms with Gasteiger partial charge >= 0.3 is 5.97 Å². The first-order valence-corrected chi connectivity index (χ1v) is 8.01. The van der Waals surface area contributed by atoms with Gasteiger partial charge in [0.2, 0.25) is 5.91 Å². The Morgan fingerprint density at radius 3 is 2.44 bits per heavy atom. The maximum absolute atomic E-state index is 12.2. The molecule has 1 unspecified atom stereocenters. The zero-order valence-corrected chi connectivity index (χ0v) is 12.0. The molecular weight excluding hydrogens is 250 g/mol. The standard InChI is InChI=1S/C13H23NO3S/c1-3-9(8-18-2)14-12(15)10-6-4-5-7-11(10)13(16)17/h9-11H,3-8H2,1-2H3,(H,14,15)(H,16,17)/t9?,10-,11+/m1/s1. The van der Waals surface area contributed by atoms with Gasteiger partial charge in [-0.3, -0.25) is 9.59 Å². The summed E-state index contributed by atoms with van der Waals surface area (Å²) in [5.74, 6) is -0.847. The van der Waals surface area contributed by atoms with Crippen LogP contribution >= 0.6 is 11.8 Å². The van der Waals surface area contributed by atoms with E-state index in [0.717, 1.165) is 25.0 Å². The van der Waals surface area contributed by atoms with Crippen LogP contribution in [0.1, 0.15) is 39.0 Å². The average molecular weight is 273 g/mol. The molecule has 2 N–H and O–H groups in total. The zero-order chi connectivity index (χ0) is 13.5. The molecule has 0 aromatic rings. The normalized spacial score (nSPS) is 25.4. The third kappa shape index (κ3) is 4.19. The van der Waals surface area contributed by atoms with Crippen LogP contribution in [0.5, 0.6) is 0 Å². The number of amides is 1. The van der Waals surface area contributed by atoms with Gasteiger partial charge in [0.1, 0.15) is 0 Å². The summed E-state index contributed by atoms with van der Waals surface area (Å²) in [7, 11) is 0. The fourth-order valence-electron chi connectivity index (χ4n) is 2.51. The molecule has 4 nitrogen and oxygen atoms in total. The van der Waals surface area contributed by atoms with Crippen molar-refractivity contribution in [3.05, 3.63) is 0 Å². The summed E-state index contributed by atoms with van der Waals surface area (Å²) in [6.45, 7) is 2.04. The highest BCUT2D eigenvalue weighted by Crippen LogP contribution is 2.30. The molecule has 0 heterocycles. The van der Waals surface area contributed by atoms with E-state index in [0.29, 0.717) is 12.8 Å². The van der Waals surface area contributed by atoms with Crippen molar-refractivity contribution in [3.8, 4) is 0 Å². The average Bonchev–Trinajstić information content (AvgIpc) is 2.38. The second kappa shape index (κ2) is 7.67. The van der Waals surface area contributed by atoms with E-state index in [-0.39, 0.29) is 17.9 Å². The minimum atomic E-state index is -0.826. The highest BCUT2D eigenvalue weighted by molar-refractivity contribution is 7.98. The first-order chi connectivity index (χ1) is 8.60. The van der Waals surface area contributed by atoms with Crippen molar-refractivity contribution in [2.75, 3.05) is 12.0 Å². The molecule has 3 atom stereocenters. The molecule has 0 bridgehead atoms. The first kappa shape index (κ1) is 15.3. The van der Waals surface area contributed by atoms with Crippen molar-refractivity contribution in [1.29, 1.82) is 0 Å². The van der Waals surface area contributed by atoms with Crippen LogP contribution in [0.3, 0.4) is 0 Å². The lowest BCUT2D eigenvalue weighted by Gasteiger charge is -2.29. The number of carboxylic acid groups (broad SMARTS) is 1. The molecule has 0 aliphatic heterocycles. The van der Waals surface area contributed by atoms with Crippen LogP contribution in [0.25, 0.3) is 0 Å². The highest BCUT2D eigenvalue weighted by atomic mass is 32.2. The number of carboxylic acids is 1. The predicted molar refractivity (Wildman–Crippen MR) is 73.7 cm³/mol. The summed E-state index contributed by atoms with van der Waals surface area (Å²) < 4.78 is 0. The van der Waals surface area contributed by atoms with Crippen LogP contribution in [0.4, 0.5) is 0 Å². The minimum absolute atomic E-state index is 0.0667. The van der Waals surface area contributed by atoms with Gasteiger partial charge in [-0.1, -0.05) is 19.8 Å². The Bertz CT molecular complexity index is 296. The van der Waals surface area contributed by atoms with Gasteiger partial charge in [0.05, 0.1) is 11.8 Å². The van der Waals surface area contributed by atoms with E-state index in [2.05, 4.69) is 5.32 Å². The molecule has 1 amide bonds. The Kier molecular flexibility index (Phi) is 6.54. The lowest BCUT2D eigenvalue weighted by Crippen LogP contribution is -2.44. The Labute approximate surface area is 113 Å². The van der Waals surface area contributed by atoms with Crippen molar-refractivity contribution in [1.82, 2.24) is 5.32 Å². The van der Waals surface area contributed by atoms with Crippen LogP contribution in [-0.2, 0) is 9.59 Å². The zero-order valence-electron chi connectivity index (χ0n) is 11.1. The van der Waals surface area contributed by atoms with Gasteiger partial charge in [0, 0.05) is 11.8 Å². The highest BCUT2D eigenvalue weighted by Gasteiger charge is 2.36. The third-order valence-corrected chi connectivity index (χ3v) is 4.36. The molecule has 1 fully saturated rings. The minimum Gasteiger partial charge on any atom is -0.481 e. The predicted octanol–water partition coefficient (Wildman–Crippen LogP) is 2.14. The van der Waals surface area contributed by atoms with E-state index in [1.54, 1.807) is 11.8 Å². The number of nitrogens with one attached hydrogen (secondary N) is 1. The summed E-state index contributed by atoms with van der Waals surface area (Å²) in [5.41, 5.74) is 0. The Morgan fingerprint density at radius 2 is 1.94 bits per heavy atom. The van der Waals surface area contributed by atoms with E-state index in [1.165, 1.54) is 0 Å². The van der Waals surface area contributed by atoms with E-state index in [9.17, 15) is 9.59 Å². The van der Waals surface area contributed by atoms with Crippen molar-refractivity contribution < 1.29 is 14.7 Å². The monoisotopic (exact) mass is 273 g/mol. The molecule has 0 saturated heterocycles. The topological polar surface area (TPSA) is 66.4 Å². The molecule has 0 aromatic carbocycles.